The third kappa shape index (κ3) is 3.46. The maximum Gasteiger partial charge on any atom is 0.254 e. The number of hydrogen-bond donors (Lipinski definition) is 1. The zero-order chi connectivity index (χ0) is 15.4. The first-order valence-corrected chi connectivity index (χ1v) is 7.53. The number of carbonyl (C=O) groups is 1. The van der Waals surface area contributed by atoms with Crippen molar-refractivity contribution in [3.8, 4) is 11.8 Å². The van der Waals surface area contributed by atoms with Crippen molar-refractivity contribution in [2.45, 2.75) is 27.2 Å². The number of aliphatic hydroxyl groups is 1. The van der Waals surface area contributed by atoms with E-state index in [-0.39, 0.29) is 12.5 Å². The fourth-order valence-electron chi connectivity index (χ4n) is 2.68. The highest BCUT2D eigenvalue weighted by Crippen LogP contribution is 2.25. The normalized spacial score (nSPS) is 21.0. The molecule has 3 nitrogen and oxygen atoms in total. The number of hydrogen-bond acceptors (Lipinski definition) is 2. The highest BCUT2D eigenvalue weighted by atomic mass is 16.2. The fourth-order valence-corrected chi connectivity index (χ4v) is 2.68. The third-order valence-electron chi connectivity index (χ3n) is 4.30. The van der Waals surface area contributed by atoms with Crippen LogP contribution >= 0.6 is 0 Å². The van der Waals surface area contributed by atoms with Crippen LogP contribution in [0.4, 0.5) is 0 Å². The zero-order valence-electron chi connectivity index (χ0n) is 13.0. The van der Waals surface area contributed by atoms with Crippen LogP contribution in [0.15, 0.2) is 18.2 Å². The van der Waals surface area contributed by atoms with Crippen molar-refractivity contribution < 1.29 is 9.90 Å². The first kappa shape index (κ1) is 15.6. The van der Waals surface area contributed by atoms with Crippen LogP contribution in [0.2, 0.25) is 0 Å². The molecule has 1 heterocycles. The molecule has 1 aliphatic heterocycles. The molecular formula is C18H23NO2. The van der Waals surface area contributed by atoms with Gasteiger partial charge in [0.05, 0.1) is 6.61 Å². The minimum Gasteiger partial charge on any atom is -0.395 e. The number of aliphatic hydroxyl groups excluding tert-OH is 1. The molecule has 1 saturated heterocycles. The lowest BCUT2D eigenvalue weighted by Gasteiger charge is -2.18. The van der Waals surface area contributed by atoms with Gasteiger partial charge < -0.3 is 10.0 Å². The van der Waals surface area contributed by atoms with Gasteiger partial charge in [0.15, 0.2) is 0 Å². The SMILES string of the molecule is Cc1c(C#CCCO)cccc1C(=O)N1CC(C)C(C)C1. The molecule has 1 N–H and O–H groups in total. The van der Waals surface area contributed by atoms with E-state index in [0.717, 1.165) is 29.8 Å². The van der Waals surface area contributed by atoms with Crippen LogP contribution in [0, 0.1) is 30.6 Å². The van der Waals surface area contributed by atoms with Gasteiger partial charge in [-0.1, -0.05) is 31.8 Å². The second-order valence-electron chi connectivity index (χ2n) is 5.92. The standard InChI is InChI=1S/C18H23NO2/c1-13-11-19(12-14(13)2)18(21)17-9-6-8-16(15(17)3)7-4-5-10-20/h6,8-9,13-14,20H,5,10-12H2,1-3H3. The van der Waals surface area contributed by atoms with Crippen molar-refractivity contribution in [2.75, 3.05) is 19.7 Å². The molecule has 21 heavy (non-hydrogen) atoms. The summed E-state index contributed by atoms with van der Waals surface area (Å²) in [6.45, 7) is 8.07. The number of carbonyl (C=O) groups excluding carboxylic acids is 1. The van der Waals surface area contributed by atoms with E-state index in [1.54, 1.807) is 0 Å². The van der Waals surface area contributed by atoms with Crippen LogP contribution in [0.5, 0.6) is 0 Å². The quantitative estimate of drug-likeness (QED) is 0.848. The summed E-state index contributed by atoms with van der Waals surface area (Å²) >= 11 is 0. The Balaban J connectivity index is 2.23. The van der Waals surface area contributed by atoms with Crippen LogP contribution in [-0.4, -0.2) is 35.6 Å². The molecule has 1 amide bonds. The van der Waals surface area contributed by atoms with Gasteiger partial charge in [0.1, 0.15) is 0 Å². The minimum absolute atomic E-state index is 0.0637. The monoisotopic (exact) mass is 285 g/mol. The third-order valence-corrected chi connectivity index (χ3v) is 4.30. The Bertz CT molecular complexity index is 573. The van der Waals surface area contributed by atoms with Gasteiger partial charge in [-0.15, -0.1) is 0 Å². The van der Waals surface area contributed by atoms with Gasteiger partial charge in [0.2, 0.25) is 0 Å². The molecule has 2 atom stereocenters. The van der Waals surface area contributed by atoms with Gasteiger partial charge in [-0.25, -0.2) is 0 Å². The Labute approximate surface area is 127 Å². The molecule has 1 aromatic carbocycles. The van der Waals surface area contributed by atoms with E-state index in [1.165, 1.54) is 0 Å². The zero-order valence-corrected chi connectivity index (χ0v) is 13.0. The summed E-state index contributed by atoms with van der Waals surface area (Å²) < 4.78 is 0. The second kappa shape index (κ2) is 6.78. The average molecular weight is 285 g/mol. The van der Waals surface area contributed by atoms with E-state index in [1.807, 2.05) is 30.0 Å². The summed E-state index contributed by atoms with van der Waals surface area (Å²) in [6.07, 6.45) is 0.457. The Morgan fingerprint density at radius 3 is 2.62 bits per heavy atom. The van der Waals surface area contributed by atoms with Gasteiger partial charge in [0.25, 0.3) is 5.91 Å². The molecule has 1 aliphatic rings. The molecule has 0 radical (unpaired) electrons. The lowest BCUT2D eigenvalue weighted by molar-refractivity contribution is 0.0784. The smallest absolute Gasteiger partial charge is 0.254 e. The van der Waals surface area contributed by atoms with E-state index in [9.17, 15) is 4.79 Å². The predicted octanol–water partition coefficient (Wildman–Crippen LogP) is 2.46. The maximum atomic E-state index is 12.7. The van der Waals surface area contributed by atoms with Crippen LogP contribution < -0.4 is 0 Å². The van der Waals surface area contributed by atoms with E-state index < -0.39 is 0 Å². The van der Waals surface area contributed by atoms with E-state index in [2.05, 4.69) is 25.7 Å². The summed E-state index contributed by atoms with van der Waals surface area (Å²) in [4.78, 5) is 14.6. The second-order valence-corrected chi connectivity index (χ2v) is 5.92. The minimum atomic E-state index is 0.0637. The molecule has 0 bridgehead atoms. The Morgan fingerprint density at radius 1 is 1.33 bits per heavy atom. The summed E-state index contributed by atoms with van der Waals surface area (Å²) in [5.74, 6) is 7.17. The number of amides is 1. The molecule has 1 fully saturated rings. The van der Waals surface area contributed by atoms with E-state index in [0.29, 0.717) is 18.3 Å². The molecule has 0 aliphatic carbocycles. The highest BCUT2D eigenvalue weighted by molar-refractivity contribution is 5.96. The predicted molar refractivity (Wildman–Crippen MR) is 84.0 cm³/mol. The summed E-state index contributed by atoms with van der Waals surface area (Å²) in [5, 5.41) is 8.79. The Morgan fingerprint density at radius 2 is 2.00 bits per heavy atom. The van der Waals surface area contributed by atoms with Crippen molar-refractivity contribution in [3.63, 3.8) is 0 Å². The first-order valence-electron chi connectivity index (χ1n) is 7.53. The fraction of sp³-hybridized carbons (Fsp3) is 0.500. The highest BCUT2D eigenvalue weighted by Gasteiger charge is 2.30. The van der Waals surface area contributed by atoms with Crippen LogP contribution in [0.3, 0.4) is 0 Å². The molecule has 0 spiro atoms. The van der Waals surface area contributed by atoms with Gasteiger partial charge in [-0.3, -0.25) is 4.79 Å². The lowest BCUT2D eigenvalue weighted by atomic mass is 10.0. The summed E-state index contributed by atoms with van der Waals surface area (Å²) in [7, 11) is 0. The van der Waals surface area contributed by atoms with Crippen LogP contribution in [-0.2, 0) is 0 Å². The van der Waals surface area contributed by atoms with Crippen molar-refractivity contribution in [1.82, 2.24) is 4.90 Å². The van der Waals surface area contributed by atoms with Crippen LogP contribution in [0.1, 0.15) is 41.8 Å². The topological polar surface area (TPSA) is 40.5 Å². The number of likely N-dealkylation sites (tertiary alicyclic amines) is 1. The summed E-state index contributed by atoms with van der Waals surface area (Å²) in [6, 6.07) is 5.68. The van der Waals surface area contributed by atoms with Crippen LogP contribution in [0.25, 0.3) is 0 Å². The molecule has 0 aromatic heterocycles. The van der Waals surface area contributed by atoms with E-state index in [4.69, 9.17) is 5.11 Å². The molecular weight excluding hydrogens is 262 g/mol. The van der Waals surface area contributed by atoms with E-state index >= 15 is 0 Å². The van der Waals surface area contributed by atoms with Gasteiger partial charge >= 0.3 is 0 Å². The molecule has 0 saturated carbocycles. The van der Waals surface area contributed by atoms with Gasteiger partial charge in [-0.2, -0.15) is 0 Å². The number of benzene rings is 1. The van der Waals surface area contributed by atoms with Crippen molar-refractivity contribution in [3.05, 3.63) is 34.9 Å². The summed E-state index contributed by atoms with van der Waals surface area (Å²) in [5.41, 5.74) is 2.54. The maximum absolute atomic E-state index is 12.7. The van der Waals surface area contributed by atoms with Crippen molar-refractivity contribution in [1.29, 1.82) is 0 Å². The van der Waals surface area contributed by atoms with Gasteiger partial charge in [0, 0.05) is 30.6 Å². The first-order chi connectivity index (χ1) is 10.0. The molecule has 112 valence electrons. The number of rotatable bonds is 2. The Hall–Kier alpha value is -1.79. The lowest BCUT2D eigenvalue weighted by Crippen LogP contribution is -2.29. The number of nitrogens with zero attached hydrogens (tertiary/aromatic N) is 1. The Kier molecular flexibility index (Phi) is 5.03. The largest absolute Gasteiger partial charge is 0.395 e. The van der Waals surface area contributed by atoms with Gasteiger partial charge in [-0.05, 0) is 36.5 Å². The molecule has 1 aromatic rings. The molecule has 2 unspecified atom stereocenters. The average Bonchev–Trinajstić information content (AvgIpc) is 2.80. The van der Waals surface area contributed by atoms with Crippen molar-refractivity contribution in [2.24, 2.45) is 11.8 Å². The molecule has 3 heteroatoms. The van der Waals surface area contributed by atoms with Crippen molar-refractivity contribution >= 4 is 5.91 Å². The molecule has 2 rings (SSSR count).